The zero-order valence-corrected chi connectivity index (χ0v) is 13.0. The number of carboxylic acid groups (broad SMARTS) is 1. The van der Waals surface area contributed by atoms with E-state index in [-0.39, 0.29) is 18.1 Å². The molecule has 2 N–H and O–H groups in total. The van der Waals surface area contributed by atoms with Crippen LogP contribution in [0.15, 0.2) is 34.0 Å². The maximum absolute atomic E-state index is 11.9. The van der Waals surface area contributed by atoms with E-state index in [9.17, 15) is 9.59 Å². The Hall–Kier alpha value is -1.86. The Balaban J connectivity index is 1.85. The molecule has 0 fully saturated rings. The minimum atomic E-state index is -0.908. The summed E-state index contributed by atoms with van der Waals surface area (Å²) in [6.45, 7) is 1.93. The van der Waals surface area contributed by atoms with Gasteiger partial charge in [0, 0.05) is 11.1 Å². The number of hydrogen-bond donors (Lipinski definition) is 2. The van der Waals surface area contributed by atoms with Crippen molar-refractivity contribution in [3.63, 3.8) is 0 Å². The standard InChI is InChI=1S/C14H14N2O3S2/c1-9-4-2-3-5-11(9)16-12(17)8-21-14-15-10(7-20-14)6-13(18)19/h2-5,7H,6,8H2,1H3,(H,16,17)(H,18,19). The molecule has 0 radical (unpaired) electrons. The fourth-order valence-electron chi connectivity index (χ4n) is 1.62. The molecule has 21 heavy (non-hydrogen) atoms. The number of benzene rings is 1. The average molecular weight is 322 g/mol. The summed E-state index contributed by atoms with van der Waals surface area (Å²) in [5.74, 6) is -0.771. The van der Waals surface area contributed by atoms with Crippen LogP contribution in [0, 0.1) is 6.92 Å². The Morgan fingerprint density at radius 3 is 2.86 bits per heavy atom. The molecule has 0 saturated carbocycles. The van der Waals surface area contributed by atoms with Gasteiger partial charge in [0.15, 0.2) is 4.34 Å². The Labute approximate surface area is 130 Å². The second-order valence-electron chi connectivity index (χ2n) is 4.33. The molecule has 0 aliphatic rings. The number of aromatic nitrogens is 1. The number of amides is 1. The molecule has 2 rings (SSSR count). The van der Waals surface area contributed by atoms with Gasteiger partial charge in [0.1, 0.15) is 0 Å². The summed E-state index contributed by atoms with van der Waals surface area (Å²) in [7, 11) is 0. The largest absolute Gasteiger partial charge is 0.481 e. The third-order valence-electron chi connectivity index (χ3n) is 2.61. The number of carbonyl (C=O) groups is 2. The number of nitrogens with zero attached hydrogens (tertiary/aromatic N) is 1. The Morgan fingerprint density at radius 2 is 2.14 bits per heavy atom. The fraction of sp³-hybridized carbons (Fsp3) is 0.214. The van der Waals surface area contributed by atoms with Gasteiger partial charge in [-0.3, -0.25) is 9.59 Å². The lowest BCUT2D eigenvalue weighted by molar-refractivity contribution is -0.136. The summed E-state index contributed by atoms with van der Waals surface area (Å²) in [5.41, 5.74) is 2.33. The first-order chi connectivity index (χ1) is 10.0. The maximum atomic E-state index is 11.9. The molecule has 5 nitrogen and oxygen atoms in total. The van der Waals surface area contributed by atoms with Gasteiger partial charge in [0.2, 0.25) is 5.91 Å². The summed E-state index contributed by atoms with van der Waals surface area (Å²) < 4.78 is 0.700. The van der Waals surface area contributed by atoms with Crippen LogP contribution in [0.1, 0.15) is 11.3 Å². The van der Waals surface area contributed by atoms with E-state index < -0.39 is 5.97 Å². The van der Waals surface area contributed by atoms with Gasteiger partial charge in [-0.2, -0.15) is 0 Å². The highest BCUT2D eigenvalue weighted by Gasteiger charge is 2.09. The molecule has 110 valence electrons. The molecule has 7 heteroatoms. The van der Waals surface area contributed by atoms with E-state index in [0.717, 1.165) is 11.3 Å². The van der Waals surface area contributed by atoms with Crippen LogP contribution < -0.4 is 5.32 Å². The van der Waals surface area contributed by atoms with E-state index in [1.165, 1.54) is 23.1 Å². The zero-order chi connectivity index (χ0) is 15.2. The van der Waals surface area contributed by atoms with E-state index >= 15 is 0 Å². The van der Waals surface area contributed by atoms with E-state index in [0.29, 0.717) is 10.0 Å². The number of rotatable bonds is 6. The third-order valence-corrected chi connectivity index (χ3v) is 4.68. The number of thiazole rings is 1. The number of carbonyl (C=O) groups excluding carboxylic acids is 1. The first-order valence-electron chi connectivity index (χ1n) is 6.19. The molecule has 1 aromatic carbocycles. The van der Waals surface area contributed by atoms with Crippen molar-refractivity contribution in [1.29, 1.82) is 0 Å². The smallest absolute Gasteiger partial charge is 0.309 e. The SMILES string of the molecule is Cc1ccccc1NC(=O)CSc1nc(CC(=O)O)cs1. The quantitative estimate of drug-likeness (QED) is 0.800. The van der Waals surface area contributed by atoms with E-state index in [1.807, 2.05) is 31.2 Å². The topological polar surface area (TPSA) is 79.3 Å². The van der Waals surface area contributed by atoms with Crippen molar-refractivity contribution in [2.75, 3.05) is 11.1 Å². The van der Waals surface area contributed by atoms with Crippen molar-refractivity contribution in [3.8, 4) is 0 Å². The van der Waals surface area contributed by atoms with Crippen LogP contribution in [0.4, 0.5) is 5.69 Å². The number of nitrogens with one attached hydrogen (secondary N) is 1. The van der Waals surface area contributed by atoms with Crippen LogP contribution in [-0.4, -0.2) is 27.7 Å². The molecule has 0 aliphatic carbocycles. The third kappa shape index (κ3) is 4.87. The predicted molar refractivity (Wildman–Crippen MR) is 84.0 cm³/mol. The van der Waals surface area contributed by atoms with Gasteiger partial charge in [0.25, 0.3) is 0 Å². The monoisotopic (exact) mass is 322 g/mol. The summed E-state index contributed by atoms with van der Waals surface area (Å²) in [5, 5.41) is 13.2. The van der Waals surface area contributed by atoms with E-state index in [4.69, 9.17) is 5.11 Å². The van der Waals surface area contributed by atoms with E-state index in [1.54, 1.807) is 5.38 Å². The average Bonchev–Trinajstić information content (AvgIpc) is 2.86. The number of anilines is 1. The molecular weight excluding hydrogens is 308 g/mol. The van der Waals surface area contributed by atoms with E-state index in [2.05, 4.69) is 10.3 Å². The van der Waals surface area contributed by atoms with Crippen LogP contribution in [0.3, 0.4) is 0 Å². The van der Waals surface area contributed by atoms with Gasteiger partial charge in [-0.1, -0.05) is 30.0 Å². The summed E-state index contributed by atoms with van der Waals surface area (Å²) in [6, 6.07) is 7.57. The van der Waals surface area contributed by atoms with Gasteiger partial charge >= 0.3 is 5.97 Å². The highest BCUT2D eigenvalue weighted by molar-refractivity contribution is 8.01. The number of aliphatic carboxylic acids is 1. The van der Waals surface area contributed by atoms with Crippen molar-refractivity contribution in [2.24, 2.45) is 0 Å². The van der Waals surface area contributed by atoms with Crippen LogP contribution >= 0.6 is 23.1 Å². The normalized spacial score (nSPS) is 10.3. The molecule has 1 amide bonds. The zero-order valence-electron chi connectivity index (χ0n) is 11.3. The van der Waals surface area contributed by atoms with Crippen LogP contribution in [0.25, 0.3) is 0 Å². The Morgan fingerprint density at radius 1 is 1.38 bits per heavy atom. The maximum Gasteiger partial charge on any atom is 0.309 e. The minimum absolute atomic E-state index is 0.0908. The lowest BCUT2D eigenvalue weighted by Crippen LogP contribution is -2.14. The number of thioether (sulfide) groups is 1. The summed E-state index contributed by atoms with van der Waals surface area (Å²) in [4.78, 5) is 26.6. The second-order valence-corrected chi connectivity index (χ2v) is 6.41. The second kappa shape index (κ2) is 7.24. The van der Waals surface area contributed by atoms with Gasteiger partial charge in [-0.15, -0.1) is 11.3 Å². The fourth-order valence-corrected chi connectivity index (χ4v) is 3.26. The molecule has 0 aliphatic heterocycles. The van der Waals surface area contributed by atoms with Gasteiger partial charge < -0.3 is 10.4 Å². The molecule has 2 aromatic rings. The van der Waals surface area contributed by atoms with Crippen molar-refractivity contribution in [3.05, 3.63) is 40.9 Å². The predicted octanol–water partition coefficient (Wildman–Crippen LogP) is 2.81. The summed E-state index contributed by atoms with van der Waals surface area (Å²) in [6.07, 6.45) is -0.0908. The van der Waals surface area contributed by atoms with Crippen LogP contribution in [0.2, 0.25) is 0 Å². The van der Waals surface area contributed by atoms with Gasteiger partial charge in [0.05, 0.1) is 17.9 Å². The molecular formula is C14H14N2O3S2. The van der Waals surface area contributed by atoms with Crippen molar-refractivity contribution in [1.82, 2.24) is 4.98 Å². The number of para-hydroxylation sites is 1. The van der Waals surface area contributed by atoms with Crippen LogP contribution in [-0.2, 0) is 16.0 Å². The van der Waals surface area contributed by atoms with Gasteiger partial charge in [-0.05, 0) is 18.6 Å². The van der Waals surface area contributed by atoms with Crippen LogP contribution in [0.5, 0.6) is 0 Å². The molecule has 1 aromatic heterocycles. The molecule has 0 bridgehead atoms. The molecule has 0 atom stereocenters. The first kappa shape index (κ1) is 15.5. The lowest BCUT2D eigenvalue weighted by atomic mass is 10.2. The van der Waals surface area contributed by atoms with Crippen molar-refractivity contribution < 1.29 is 14.7 Å². The number of aryl methyl sites for hydroxylation is 1. The molecule has 0 unspecified atom stereocenters. The lowest BCUT2D eigenvalue weighted by Gasteiger charge is -2.06. The number of hydrogen-bond acceptors (Lipinski definition) is 5. The van der Waals surface area contributed by atoms with Crippen molar-refractivity contribution in [2.45, 2.75) is 17.7 Å². The molecule has 1 heterocycles. The Bertz CT molecular complexity index is 655. The minimum Gasteiger partial charge on any atom is -0.481 e. The van der Waals surface area contributed by atoms with Gasteiger partial charge in [-0.25, -0.2) is 4.98 Å². The number of carboxylic acids is 1. The molecule has 0 saturated heterocycles. The van der Waals surface area contributed by atoms with Crippen molar-refractivity contribution >= 4 is 40.7 Å². The highest BCUT2D eigenvalue weighted by Crippen LogP contribution is 2.23. The molecule has 0 spiro atoms. The Kier molecular flexibility index (Phi) is 5.35. The summed E-state index contributed by atoms with van der Waals surface area (Å²) >= 11 is 2.66. The first-order valence-corrected chi connectivity index (χ1v) is 8.05. The highest BCUT2D eigenvalue weighted by atomic mass is 32.2.